The van der Waals surface area contributed by atoms with Crippen molar-refractivity contribution >= 4 is 5.91 Å². The summed E-state index contributed by atoms with van der Waals surface area (Å²) >= 11 is 0. The van der Waals surface area contributed by atoms with Crippen molar-refractivity contribution in [2.75, 3.05) is 13.1 Å². The van der Waals surface area contributed by atoms with Crippen LogP contribution in [0.15, 0.2) is 24.3 Å². The van der Waals surface area contributed by atoms with Crippen LogP contribution in [0, 0.1) is 11.3 Å². The van der Waals surface area contributed by atoms with Crippen LogP contribution < -0.4 is 5.73 Å². The zero-order chi connectivity index (χ0) is 15.0. The lowest BCUT2D eigenvalue weighted by Gasteiger charge is -2.40. The van der Waals surface area contributed by atoms with Gasteiger partial charge in [-0.25, -0.2) is 0 Å². The number of nitrogens with two attached hydrogens (primary N) is 1. The van der Waals surface area contributed by atoms with Crippen LogP contribution in [0.4, 0.5) is 0 Å². The van der Waals surface area contributed by atoms with Crippen molar-refractivity contribution in [3.8, 4) is 0 Å². The predicted molar refractivity (Wildman–Crippen MR) is 84.8 cm³/mol. The highest BCUT2D eigenvalue weighted by Crippen LogP contribution is 2.44. The summed E-state index contributed by atoms with van der Waals surface area (Å²) in [6.45, 7) is 5.79. The van der Waals surface area contributed by atoms with Gasteiger partial charge >= 0.3 is 0 Å². The average molecular weight is 286 g/mol. The van der Waals surface area contributed by atoms with Crippen LogP contribution in [0.2, 0.25) is 0 Å². The molecule has 0 aromatic heterocycles. The Kier molecular flexibility index (Phi) is 3.78. The summed E-state index contributed by atoms with van der Waals surface area (Å²) in [4.78, 5) is 15.1. The van der Waals surface area contributed by atoms with Gasteiger partial charge in [-0.05, 0) is 35.8 Å². The molecule has 3 rings (SSSR count). The minimum Gasteiger partial charge on any atom is -0.334 e. The number of rotatable bonds is 2. The maximum Gasteiger partial charge on any atom is 0.226 e. The zero-order valence-electron chi connectivity index (χ0n) is 13.1. The maximum atomic E-state index is 13.1. The van der Waals surface area contributed by atoms with E-state index in [9.17, 15) is 4.79 Å². The molecule has 2 unspecified atom stereocenters. The van der Waals surface area contributed by atoms with Crippen LogP contribution in [0.1, 0.15) is 50.3 Å². The fourth-order valence-corrected chi connectivity index (χ4v) is 4.15. The Morgan fingerprint density at radius 3 is 2.81 bits per heavy atom. The van der Waals surface area contributed by atoms with E-state index in [0.717, 1.165) is 25.8 Å². The number of carbonyl (C=O) groups excluding carboxylic acids is 1. The molecule has 2 aliphatic rings. The van der Waals surface area contributed by atoms with E-state index in [4.69, 9.17) is 5.73 Å². The van der Waals surface area contributed by atoms with Gasteiger partial charge in [-0.1, -0.05) is 44.5 Å². The van der Waals surface area contributed by atoms with E-state index in [0.29, 0.717) is 12.5 Å². The van der Waals surface area contributed by atoms with Gasteiger partial charge in [0.1, 0.15) is 0 Å². The van der Waals surface area contributed by atoms with Crippen molar-refractivity contribution in [2.24, 2.45) is 17.1 Å². The summed E-state index contributed by atoms with van der Waals surface area (Å²) in [5.74, 6) is 0.485. The minimum absolute atomic E-state index is 0.0545. The second-order valence-corrected chi connectivity index (χ2v) is 7.17. The molecule has 1 aromatic rings. The maximum absolute atomic E-state index is 13.1. The molecule has 1 heterocycles. The van der Waals surface area contributed by atoms with Crippen LogP contribution in [0.5, 0.6) is 0 Å². The first kappa shape index (κ1) is 14.6. The third kappa shape index (κ3) is 2.48. The quantitative estimate of drug-likeness (QED) is 0.908. The summed E-state index contributed by atoms with van der Waals surface area (Å²) in [7, 11) is 0. The largest absolute Gasteiger partial charge is 0.334 e. The number of fused-ring (bicyclic) bond motifs is 1. The van der Waals surface area contributed by atoms with Gasteiger partial charge in [-0.15, -0.1) is 0 Å². The average Bonchev–Trinajstić information content (AvgIpc) is 2.84. The highest BCUT2D eigenvalue weighted by atomic mass is 16.2. The third-order valence-corrected chi connectivity index (χ3v) is 5.47. The van der Waals surface area contributed by atoms with Gasteiger partial charge in [-0.2, -0.15) is 0 Å². The summed E-state index contributed by atoms with van der Waals surface area (Å²) in [5, 5.41) is 0. The van der Waals surface area contributed by atoms with Crippen molar-refractivity contribution in [1.29, 1.82) is 0 Å². The van der Waals surface area contributed by atoms with Gasteiger partial charge in [-0.3, -0.25) is 4.79 Å². The van der Waals surface area contributed by atoms with E-state index < -0.39 is 0 Å². The summed E-state index contributed by atoms with van der Waals surface area (Å²) in [6, 6.07) is 8.48. The van der Waals surface area contributed by atoms with Crippen LogP contribution in [-0.4, -0.2) is 23.9 Å². The van der Waals surface area contributed by atoms with Gasteiger partial charge in [0.2, 0.25) is 5.91 Å². The van der Waals surface area contributed by atoms with E-state index in [1.807, 2.05) is 0 Å². The monoisotopic (exact) mass is 286 g/mol. The van der Waals surface area contributed by atoms with E-state index in [2.05, 4.69) is 43.0 Å². The Hall–Kier alpha value is -1.35. The number of amides is 1. The number of hydrogen-bond acceptors (Lipinski definition) is 2. The van der Waals surface area contributed by atoms with Gasteiger partial charge in [0, 0.05) is 19.0 Å². The van der Waals surface area contributed by atoms with Gasteiger partial charge in [0.15, 0.2) is 0 Å². The fraction of sp³-hybridized carbons (Fsp3) is 0.611. The molecule has 0 radical (unpaired) electrons. The molecule has 114 valence electrons. The highest BCUT2D eigenvalue weighted by Gasteiger charge is 2.43. The first-order chi connectivity index (χ1) is 10.0. The van der Waals surface area contributed by atoms with Crippen LogP contribution >= 0.6 is 0 Å². The molecule has 0 bridgehead atoms. The number of carbonyl (C=O) groups is 1. The third-order valence-electron chi connectivity index (χ3n) is 5.47. The minimum atomic E-state index is 0.0545. The van der Waals surface area contributed by atoms with E-state index in [1.54, 1.807) is 0 Å². The molecule has 1 aromatic carbocycles. The Balaban J connectivity index is 1.88. The lowest BCUT2D eigenvalue weighted by Crippen LogP contribution is -2.47. The molecular weight excluding hydrogens is 260 g/mol. The molecule has 1 aliphatic carbocycles. The van der Waals surface area contributed by atoms with Crippen LogP contribution in [0.3, 0.4) is 0 Å². The van der Waals surface area contributed by atoms with E-state index in [1.165, 1.54) is 17.5 Å². The van der Waals surface area contributed by atoms with Crippen LogP contribution in [-0.2, 0) is 11.2 Å². The Labute approximate surface area is 127 Å². The highest BCUT2D eigenvalue weighted by molar-refractivity contribution is 5.81. The van der Waals surface area contributed by atoms with E-state index >= 15 is 0 Å². The fourth-order valence-electron chi connectivity index (χ4n) is 4.15. The van der Waals surface area contributed by atoms with Crippen molar-refractivity contribution in [3.05, 3.63) is 35.4 Å². The standard InChI is InChI=1S/C18H26N2O/c1-18(2)10-5-8-15(18)17(21)20-11-9-13-6-3-4-7-14(13)16(20)12-19/h3-4,6-7,15-16H,5,8-12,19H2,1-2H3. The van der Waals surface area contributed by atoms with Crippen molar-refractivity contribution < 1.29 is 4.79 Å². The topological polar surface area (TPSA) is 46.3 Å². The zero-order valence-corrected chi connectivity index (χ0v) is 13.1. The Morgan fingerprint density at radius 2 is 2.14 bits per heavy atom. The summed E-state index contributed by atoms with van der Waals surface area (Å²) in [6.07, 6.45) is 4.30. The summed E-state index contributed by atoms with van der Waals surface area (Å²) in [5.41, 5.74) is 8.75. The van der Waals surface area contributed by atoms with Gasteiger partial charge in [0.05, 0.1) is 6.04 Å². The number of hydrogen-bond donors (Lipinski definition) is 1. The first-order valence-corrected chi connectivity index (χ1v) is 8.13. The van der Waals surface area contributed by atoms with E-state index in [-0.39, 0.29) is 17.4 Å². The molecule has 0 saturated heterocycles. The van der Waals surface area contributed by atoms with Crippen molar-refractivity contribution in [2.45, 2.75) is 45.6 Å². The molecule has 1 amide bonds. The molecule has 3 nitrogen and oxygen atoms in total. The van der Waals surface area contributed by atoms with Crippen molar-refractivity contribution in [1.82, 2.24) is 4.90 Å². The van der Waals surface area contributed by atoms with Crippen molar-refractivity contribution in [3.63, 3.8) is 0 Å². The normalized spacial score (nSPS) is 27.5. The lowest BCUT2D eigenvalue weighted by molar-refractivity contribution is -0.141. The molecule has 0 spiro atoms. The molecule has 21 heavy (non-hydrogen) atoms. The number of benzene rings is 1. The smallest absolute Gasteiger partial charge is 0.226 e. The lowest BCUT2D eigenvalue weighted by atomic mass is 9.80. The second-order valence-electron chi connectivity index (χ2n) is 7.17. The van der Waals surface area contributed by atoms with Gasteiger partial charge < -0.3 is 10.6 Å². The molecule has 2 N–H and O–H groups in total. The molecule has 1 aliphatic heterocycles. The first-order valence-electron chi connectivity index (χ1n) is 8.13. The number of nitrogens with zero attached hydrogens (tertiary/aromatic N) is 1. The molecule has 1 saturated carbocycles. The SMILES string of the molecule is CC1(C)CCCC1C(=O)N1CCc2ccccc2C1CN. The molecule has 3 heteroatoms. The Morgan fingerprint density at radius 1 is 1.38 bits per heavy atom. The Bertz CT molecular complexity index is 538. The van der Waals surface area contributed by atoms with Crippen LogP contribution in [0.25, 0.3) is 0 Å². The second kappa shape index (κ2) is 5.45. The molecular formula is C18H26N2O. The van der Waals surface area contributed by atoms with Gasteiger partial charge in [0.25, 0.3) is 0 Å². The molecule has 2 atom stereocenters. The predicted octanol–water partition coefficient (Wildman–Crippen LogP) is 2.90. The molecule has 1 fully saturated rings. The summed E-state index contributed by atoms with van der Waals surface area (Å²) < 4.78 is 0.